The first-order chi connectivity index (χ1) is 12.5. The number of rotatable bonds is 1. The highest BCUT2D eigenvalue weighted by Gasteiger charge is 2.41. The van der Waals surface area contributed by atoms with Crippen LogP contribution in [-0.4, -0.2) is 72.6 Å². The predicted molar refractivity (Wildman–Crippen MR) is 92.8 cm³/mol. The number of aromatic nitrogens is 3. The molecule has 6 N–H and O–H groups in total. The van der Waals surface area contributed by atoms with Crippen molar-refractivity contribution in [3.63, 3.8) is 0 Å². The fourth-order valence-electron chi connectivity index (χ4n) is 2.72. The van der Waals surface area contributed by atoms with Gasteiger partial charge in [0.1, 0.15) is 18.3 Å². The molecule has 9 heteroatoms. The van der Waals surface area contributed by atoms with E-state index in [0.717, 1.165) is 21.8 Å². The summed E-state index contributed by atoms with van der Waals surface area (Å²) in [5.74, 6) is 0. The molecule has 3 aromatic rings. The molecule has 5 atom stereocenters. The Morgan fingerprint density at radius 3 is 2.58 bits per heavy atom. The lowest BCUT2D eigenvalue weighted by Gasteiger charge is -2.38. The van der Waals surface area contributed by atoms with Crippen molar-refractivity contribution >= 4 is 21.8 Å². The molecule has 1 fully saturated rings. The number of fused-ring (bicyclic) bond motifs is 3. The van der Waals surface area contributed by atoms with Crippen molar-refractivity contribution < 1.29 is 25.2 Å². The van der Waals surface area contributed by atoms with E-state index in [9.17, 15) is 10.2 Å². The summed E-state index contributed by atoms with van der Waals surface area (Å²) in [5.41, 5.74) is 7.20. The third-order valence-electron chi connectivity index (χ3n) is 4.20. The summed E-state index contributed by atoms with van der Waals surface area (Å²) in [4.78, 5) is 12.7. The summed E-state index contributed by atoms with van der Waals surface area (Å²) in [6.07, 6.45) is 2.15. The van der Waals surface area contributed by atoms with Gasteiger partial charge in [-0.15, -0.1) is 0 Å². The van der Waals surface area contributed by atoms with Crippen LogP contribution in [-0.2, 0) is 4.74 Å². The first kappa shape index (κ1) is 18.5. The average Bonchev–Trinajstić information content (AvgIpc) is 3.00. The quantitative estimate of drug-likeness (QED) is 0.364. The molecule has 1 aliphatic rings. The number of nitrogens with two attached hydrogens (primary N) is 1. The molecule has 1 aliphatic heterocycles. The van der Waals surface area contributed by atoms with Crippen LogP contribution in [0.25, 0.3) is 21.8 Å². The molecule has 1 unspecified atom stereocenters. The van der Waals surface area contributed by atoms with E-state index < -0.39 is 37.3 Å². The van der Waals surface area contributed by atoms with Gasteiger partial charge in [-0.3, -0.25) is 15.0 Å². The van der Waals surface area contributed by atoms with Crippen molar-refractivity contribution in [1.29, 1.82) is 0 Å². The largest absolute Gasteiger partial charge is 0.394 e. The monoisotopic (exact) mass is 360 g/mol. The van der Waals surface area contributed by atoms with Gasteiger partial charge < -0.3 is 30.9 Å². The standard InChI is InChI=1S/C11H7N3.C6H13NO5/c1-2-10-9(3-4-13-10)11-8(1)7-12-5-6-14-11;7-3-5(10)4(9)2(1-8)12-6(3)11/h1-7H;2-6,8-11H,1,7H2/t;2-,3-,4-,5-,6?/m.1/s1. The van der Waals surface area contributed by atoms with E-state index in [1.165, 1.54) is 0 Å². The van der Waals surface area contributed by atoms with Gasteiger partial charge in [0, 0.05) is 35.6 Å². The molecule has 4 rings (SSSR count). The van der Waals surface area contributed by atoms with Crippen molar-refractivity contribution in [3.8, 4) is 0 Å². The lowest BCUT2D eigenvalue weighted by Crippen LogP contribution is -2.61. The molecular weight excluding hydrogens is 340 g/mol. The molecule has 1 saturated heterocycles. The van der Waals surface area contributed by atoms with Crippen molar-refractivity contribution in [2.45, 2.75) is 30.6 Å². The molecule has 0 saturated carbocycles. The average molecular weight is 360 g/mol. The van der Waals surface area contributed by atoms with E-state index in [1.807, 2.05) is 24.4 Å². The van der Waals surface area contributed by atoms with Crippen LogP contribution in [0.1, 0.15) is 0 Å². The Morgan fingerprint density at radius 1 is 1.00 bits per heavy atom. The molecule has 138 valence electrons. The molecule has 0 bridgehead atoms. The minimum absolute atomic E-state index is 0.470. The zero-order valence-electron chi connectivity index (χ0n) is 13.8. The summed E-state index contributed by atoms with van der Waals surface area (Å²) >= 11 is 0. The van der Waals surface area contributed by atoms with Crippen LogP contribution in [0.3, 0.4) is 0 Å². The normalized spacial score (nSPS) is 28.6. The number of hydrogen-bond donors (Lipinski definition) is 5. The summed E-state index contributed by atoms with van der Waals surface area (Å²) < 4.78 is 4.70. The Kier molecular flexibility index (Phi) is 5.67. The number of aliphatic hydroxyl groups is 4. The van der Waals surface area contributed by atoms with Crippen molar-refractivity contribution in [2.24, 2.45) is 5.73 Å². The summed E-state index contributed by atoms with van der Waals surface area (Å²) in [5, 5.41) is 38.2. The van der Waals surface area contributed by atoms with Gasteiger partial charge in [-0.1, -0.05) is 0 Å². The van der Waals surface area contributed by atoms with E-state index in [1.54, 1.807) is 18.6 Å². The van der Waals surface area contributed by atoms with Crippen LogP contribution in [0.4, 0.5) is 0 Å². The zero-order chi connectivity index (χ0) is 18.7. The third kappa shape index (κ3) is 3.63. The van der Waals surface area contributed by atoms with E-state index in [4.69, 9.17) is 20.7 Å². The first-order valence-corrected chi connectivity index (χ1v) is 8.02. The molecule has 1 aromatic carbocycles. The maximum atomic E-state index is 9.20. The second kappa shape index (κ2) is 7.96. The van der Waals surface area contributed by atoms with Crippen LogP contribution in [0.15, 0.2) is 43.0 Å². The Morgan fingerprint density at radius 2 is 1.81 bits per heavy atom. The van der Waals surface area contributed by atoms with Gasteiger partial charge in [0.05, 0.1) is 23.7 Å². The number of nitrogens with zero attached hydrogens (tertiary/aromatic N) is 3. The fourth-order valence-corrected chi connectivity index (χ4v) is 2.72. The smallest absolute Gasteiger partial charge is 0.173 e. The molecule has 9 nitrogen and oxygen atoms in total. The third-order valence-corrected chi connectivity index (χ3v) is 4.20. The van der Waals surface area contributed by atoms with Crippen LogP contribution in [0.2, 0.25) is 0 Å². The predicted octanol–water partition coefficient (Wildman–Crippen LogP) is -1.08. The second-order valence-corrected chi connectivity index (χ2v) is 5.89. The highest BCUT2D eigenvalue weighted by molar-refractivity contribution is 6.03. The fraction of sp³-hybridized carbons (Fsp3) is 0.353. The first-order valence-electron chi connectivity index (χ1n) is 8.02. The van der Waals surface area contributed by atoms with Gasteiger partial charge in [-0.2, -0.15) is 0 Å². The minimum atomic E-state index is -1.35. The molecule has 0 amide bonds. The topological polar surface area (TPSA) is 155 Å². The Labute approximate surface area is 148 Å². The van der Waals surface area contributed by atoms with Crippen LogP contribution >= 0.6 is 0 Å². The SMILES string of the molecule is N[C@H]1C(O)O[C@H](CO)[C@@H](O)[C@@H]1O.c1cnc2c(ccc3nccc32)cn1. The van der Waals surface area contributed by atoms with Gasteiger partial charge in [0.2, 0.25) is 0 Å². The maximum absolute atomic E-state index is 9.20. The van der Waals surface area contributed by atoms with Gasteiger partial charge >= 0.3 is 0 Å². The number of aliphatic hydroxyl groups excluding tert-OH is 4. The summed E-state index contributed by atoms with van der Waals surface area (Å²) in [6.45, 7) is -0.470. The van der Waals surface area contributed by atoms with E-state index in [0.29, 0.717) is 0 Å². The lowest BCUT2D eigenvalue weighted by molar-refractivity contribution is -0.248. The Bertz CT molecular complexity index is 875. The second-order valence-electron chi connectivity index (χ2n) is 5.89. The van der Waals surface area contributed by atoms with Gasteiger partial charge in [-0.25, -0.2) is 0 Å². The summed E-state index contributed by atoms with van der Waals surface area (Å²) in [7, 11) is 0. The van der Waals surface area contributed by atoms with Gasteiger partial charge in [0.15, 0.2) is 6.29 Å². The number of hydrogen-bond acceptors (Lipinski definition) is 9. The van der Waals surface area contributed by atoms with Crippen LogP contribution < -0.4 is 5.73 Å². The van der Waals surface area contributed by atoms with Crippen molar-refractivity contribution in [2.75, 3.05) is 6.61 Å². The van der Waals surface area contributed by atoms with Crippen LogP contribution in [0.5, 0.6) is 0 Å². The molecule has 0 radical (unpaired) electrons. The Hall–Kier alpha value is -2.27. The van der Waals surface area contributed by atoms with E-state index in [-0.39, 0.29) is 0 Å². The highest BCUT2D eigenvalue weighted by Crippen LogP contribution is 2.21. The molecule has 26 heavy (non-hydrogen) atoms. The maximum Gasteiger partial charge on any atom is 0.173 e. The van der Waals surface area contributed by atoms with Gasteiger partial charge in [-0.05, 0) is 18.2 Å². The highest BCUT2D eigenvalue weighted by atomic mass is 16.6. The van der Waals surface area contributed by atoms with E-state index in [2.05, 4.69) is 15.0 Å². The number of benzene rings is 1. The summed E-state index contributed by atoms with van der Waals surface area (Å²) in [6, 6.07) is 4.92. The molecule has 2 aromatic heterocycles. The van der Waals surface area contributed by atoms with Crippen molar-refractivity contribution in [3.05, 3.63) is 43.0 Å². The zero-order valence-corrected chi connectivity index (χ0v) is 13.8. The Balaban J connectivity index is 0.000000153. The molecular formula is C17H20N4O5. The lowest BCUT2D eigenvalue weighted by atomic mass is 9.98. The van der Waals surface area contributed by atoms with Crippen molar-refractivity contribution in [1.82, 2.24) is 15.0 Å². The minimum Gasteiger partial charge on any atom is -0.394 e. The molecule has 3 heterocycles. The van der Waals surface area contributed by atoms with Gasteiger partial charge in [0.25, 0.3) is 0 Å². The molecule has 0 spiro atoms. The molecule has 0 aliphatic carbocycles. The van der Waals surface area contributed by atoms with Crippen LogP contribution in [0, 0.1) is 0 Å². The van der Waals surface area contributed by atoms with E-state index >= 15 is 0 Å². The number of ether oxygens (including phenoxy) is 1.